The van der Waals surface area contributed by atoms with Crippen LogP contribution in [0.15, 0.2) is 0 Å². The van der Waals surface area contributed by atoms with E-state index >= 15 is 0 Å². The second kappa shape index (κ2) is 11.8. The van der Waals surface area contributed by atoms with Gasteiger partial charge < -0.3 is 66.3 Å². The number of rotatable bonds is 9. The van der Waals surface area contributed by atoms with Crippen molar-refractivity contribution < 1.29 is 64.3 Å². The third kappa shape index (κ3) is 5.88. The highest BCUT2D eigenvalue weighted by molar-refractivity contribution is 5.86. The van der Waals surface area contributed by atoms with Gasteiger partial charge in [0, 0.05) is 14.0 Å². The fourth-order valence-corrected chi connectivity index (χ4v) is 4.33. The van der Waals surface area contributed by atoms with E-state index in [4.69, 9.17) is 25.1 Å². The van der Waals surface area contributed by atoms with E-state index in [2.05, 4.69) is 10.6 Å². The Morgan fingerprint density at radius 3 is 2.17 bits per heavy atom. The van der Waals surface area contributed by atoms with Gasteiger partial charge in [0.25, 0.3) is 0 Å². The lowest BCUT2D eigenvalue weighted by molar-refractivity contribution is -0.347. The largest absolute Gasteiger partial charge is 0.481 e. The van der Waals surface area contributed by atoms with Crippen LogP contribution in [-0.4, -0.2) is 140 Å². The summed E-state index contributed by atoms with van der Waals surface area (Å²) in [6, 6.07) is -4.66. The Labute approximate surface area is 199 Å². The molecular formula is C19H33N3O13. The standard InChI is InChI=1S/C19H33N3O13/c1-6(25)21-12-15(30)19(32,9(5-24)35-18(12)33-2)16-14(29)11(13(28)8(4-23)34-16)22-17(31)7(20)3-10(26)27/h7-9,11-16,18,23-24,28-30,32H,3-5,20H2,1-2H3,(H,21,25)(H,22,31)(H,26,27)/t7-,8+,9+,11+,12-,13-,14+,15+,16+,18-,19+/m0/s1. The summed E-state index contributed by atoms with van der Waals surface area (Å²) >= 11 is 0. The van der Waals surface area contributed by atoms with Gasteiger partial charge in [0.2, 0.25) is 11.8 Å². The van der Waals surface area contributed by atoms with Crippen LogP contribution >= 0.6 is 0 Å². The maximum absolute atomic E-state index is 12.4. The molecule has 0 aromatic rings. The molecule has 2 saturated heterocycles. The molecule has 16 nitrogen and oxygen atoms in total. The van der Waals surface area contributed by atoms with Crippen molar-refractivity contribution in [2.45, 2.75) is 80.0 Å². The van der Waals surface area contributed by atoms with Gasteiger partial charge in [-0.3, -0.25) is 14.4 Å². The first-order valence-corrected chi connectivity index (χ1v) is 10.7. The first-order valence-electron chi connectivity index (χ1n) is 10.7. The number of methoxy groups -OCH3 is 1. The zero-order valence-electron chi connectivity index (χ0n) is 19.1. The third-order valence-electron chi connectivity index (χ3n) is 6.11. The Morgan fingerprint density at radius 1 is 1.06 bits per heavy atom. The minimum Gasteiger partial charge on any atom is -0.481 e. The zero-order valence-corrected chi connectivity index (χ0v) is 19.1. The van der Waals surface area contributed by atoms with E-state index in [0.29, 0.717) is 0 Å². The first-order chi connectivity index (χ1) is 16.3. The smallest absolute Gasteiger partial charge is 0.305 e. The lowest BCUT2D eigenvalue weighted by atomic mass is 9.73. The molecule has 2 amide bonds. The number of carboxylic acids is 1. The summed E-state index contributed by atoms with van der Waals surface area (Å²) in [6.45, 7) is -0.684. The Morgan fingerprint density at radius 2 is 1.69 bits per heavy atom. The number of carboxylic acid groups (broad SMARTS) is 1. The van der Waals surface area contributed by atoms with Gasteiger partial charge in [-0.2, -0.15) is 0 Å². The first kappa shape index (κ1) is 29.2. The van der Waals surface area contributed by atoms with Crippen molar-refractivity contribution in [3.63, 3.8) is 0 Å². The maximum atomic E-state index is 12.4. The number of nitrogens with two attached hydrogens (primary N) is 1. The molecule has 35 heavy (non-hydrogen) atoms. The van der Waals surface area contributed by atoms with Crippen LogP contribution in [0.5, 0.6) is 0 Å². The van der Waals surface area contributed by atoms with Crippen molar-refractivity contribution in [3.8, 4) is 0 Å². The summed E-state index contributed by atoms with van der Waals surface area (Å²) < 4.78 is 16.1. The summed E-state index contributed by atoms with van der Waals surface area (Å²) in [7, 11) is 1.18. The molecule has 2 rings (SSSR count). The van der Waals surface area contributed by atoms with Crippen LogP contribution in [0, 0.1) is 0 Å². The van der Waals surface area contributed by atoms with Gasteiger partial charge in [-0.05, 0) is 0 Å². The fraction of sp³-hybridized carbons (Fsp3) is 0.842. The van der Waals surface area contributed by atoms with Crippen LogP contribution < -0.4 is 16.4 Å². The molecule has 0 saturated carbocycles. The number of ether oxygens (including phenoxy) is 3. The molecule has 2 fully saturated rings. The molecule has 0 aliphatic carbocycles. The van der Waals surface area contributed by atoms with Crippen LogP contribution in [0.3, 0.4) is 0 Å². The highest BCUT2D eigenvalue weighted by Gasteiger charge is 2.64. The van der Waals surface area contributed by atoms with Crippen molar-refractivity contribution in [2.24, 2.45) is 5.73 Å². The molecule has 11 atom stereocenters. The molecule has 2 aliphatic heterocycles. The summed E-state index contributed by atoms with van der Waals surface area (Å²) in [4.78, 5) is 34.9. The highest BCUT2D eigenvalue weighted by Crippen LogP contribution is 2.39. The number of hydrogen-bond donors (Lipinski definition) is 10. The Hall–Kier alpha value is -1.99. The molecule has 0 bridgehead atoms. The molecule has 0 radical (unpaired) electrons. The molecule has 11 N–H and O–H groups in total. The van der Waals surface area contributed by atoms with E-state index in [1.54, 1.807) is 0 Å². The Balaban J connectivity index is 2.44. The summed E-state index contributed by atoms with van der Waals surface area (Å²) in [5, 5.41) is 77.1. The fourth-order valence-electron chi connectivity index (χ4n) is 4.33. The lowest BCUT2D eigenvalue weighted by Crippen LogP contribution is -2.80. The minimum absolute atomic E-state index is 0.643. The Bertz CT molecular complexity index is 772. The molecule has 202 valence electrons. The average molecular weight is 511 g/mol. The molecule has 16 heteroatoms. The predicted octanol–water partition coefficient (Wildman–Crippen LogP) is -6.28. The van der Waals surface area contributed by atoms with E-state index in [9.17, 15) is 45.0 Å². The number of aliphatic hydroxyl groups is 6. The summed E-state index contributed by atoms with van der Waals surface area (Å²) in [5.41, 5.74) is 2.84. The van der Waals surface area contributed by atoms with Gasteiger partial charge in [-0.1, -0.05) is 0 Å². The van der Waals surface area contributed by atoms with Gasteiger partial charge in [0.1, 0.15) is 48.3 Å². The second-order valence-electron chi connectivity index (χ2n) is 8.47. The van der Waals surface area contributed by atoms with Crippen molar-refractivity contribution in [1.29, 1.82) is 0 Å². The number of amides is 2. The van der Waals surface area contributed by atoms with Crippen LogP contribution in [0.4, 0.5) is 0 Å². The summed E-state index contributed by atoms with van der Waals surface area (Å²) in [5.74, 6) is -3.10. The zero-order chi connectivity index (χ0) is 26.7. The second-order valence-corrected chi connectivity index (χ2v) is 8.47. The average Bonchev–Trinajstić information content (AvgIpc) is 2.79. The third-order valence-corrected chi connectivity index (χ3v) is 6.11. The van der Waals surface area contributed by atoms with Gasteiger partial charge in [0.15, 0.2) is 6.29 Å². The van der Waals surface area contributed by atoms with Crippen molar-refractivity contribution in [1.82, 2.24) is 10.6 Å². The number of carbonyl (C=O) groups excluding carboxylic acids is 2. The number of nitrogens with one attached hydrogen (secondary N) is 2. The van der Waals surface area contributed by atoms with Crippen LogP contribution in [-0.2, 0) is 28.6 Å². The van der Waals surface area contributed by atoms with Gasteiger partial charge in [-0.25, -0.2) is 0 Å². The van der Waals surface area contributed by atoms with Crippen LogP contribution in [0.1, 0.15) is 13.3 Å². The number of aliphatic carboxylic acids is 1. The van der Waals surface area contributed by atoms with E-state index in [-0.39, 0.29) is 0 Å². The molecule has 0 spiro atoms. The normalized spacial score (nSPS) is 40.5. The highest BCUT2D eigenvalue weighted by atomic mass is 16.7. The van der Waals surface area contributed by atoms with E-state index in [1.807, 2.05) is 0 Å². The molecular weight excluding hydrogens is 478 g/mol. The number of carbonyl (C=O) groups is 3. The van der Waals surface area contributed by atoms with Crippen molar-refractivity contribution in [3.05, 3.63) is 0 Å². The topological polar surface area (TPSA) is 271 Å². The van der Waals surface area contributed by atoms with Crippen LogP contribution in [0.2, 0.25) is 0 Å². The lowest BCUT2D eigenvalue weighted by Gasteiger charge is -2.55. The molecule has 0 unspecified atom stereocenters. The number of hydrogen-bond acceptors (Lipinski definition) is 13. The molecule has 2 heterocycles. The quantitative estimate of drug-likeness (QED) is 0.138. The predicted molar refractivity (Wildman–Crippen MR) is 111 cm³/mol. The SMILES string of the molecule is CO[C@H]1O[C@H](CO)[C@](O)([C@@H]2O[C@H](CO)[C@H](O)[C@@H](NC(=O)[C@@H](N)CC(=O)O)[C@H]2O)[C@H](O)[C@@H]1NC(C)=O. The van der Waals surface area contributed by atoms with Gasteiger partial charge in [0.05, 0.1) is 31.7 Å². The summed E-state index contributed by atoms with van der Waals surface area (Å²) in [6.07, 6.45) is -13.0. The van der Waals surface area contributed by atoms with Gasteiger partial charge in [-0.15, -0.1) is 0 Å². The van der Waals surface area contributed by atoms with E-state index < -0.39 is 104 Å². The monoisotopic (exact) mass is 511 g/mol. The van der Waals surface area contributed by atoms with E-state index in [1.165, 1.54) is 7.11 Å². The van der Waals surface area contributed by atoms with Crippen LogP contribution in [0.25, 0.3) is 0 Å². The van der Waals surface area contributed by atoms with E-state index in [0.717, 1.165) is 6.92 Å². The molecule has 0 aromatic heterocycles. The molecule has 0 aromatic carbocycles. The maximum Gasteiger partial charge on any atom is 0.305 e. The Kier molecular flexibility index (Phi) is 9.88. The minimum atomic E-state index is -2.68. The van der Waals surface area contributed by atoms with Crippen molar-refractivity contribution >= 4 is 17.8 Å². The van der Waals surface area contributed by atoms with Gasteiger partial charge >= 0.3 is 5.97 Å². The van der Waals surface area contributed by atoms with Crippen molar-refractivity contribution in [2.75, 3.05) is 20.3 Å². The number of aliphatic hydroxyl groups excluding tert-OH is 5. The molecule has 2 aliphatic rings.